The molecule has 8 heteroatoms. The molecule has 7 nitrogen and oxygen atoms in total. The van der Waals surface area contributed by atoms with Gasteiger partial charge in [0.25, 0.3) is 0 Å². The molecule has 4 rings (SSSR count). The third kappa shape index (κ3) is 3.68. The summed E-state index contributed by atoms with van der Waals surface area (Å²) in [5.41, 5.74) is 4.53. The quantitative estimate of drug-likeness (QED) is 0.515. The fourth-order valence-corrected chi connectivity index (χ4v) is 3.46. The molecule has 0 radical (unpaired) electrons. The number of nitrogens with one attached hydrogen (secondary N) is 1. The van der Waals surface area contributed by atoms with Crippen molar-refractivity contribution in [1.82, 2.24) is 25.0 Å². The molecule has 0 saturated heterocycles. The van der Waals surface area contributed by atoms with Gasteiger partial charge in [-0.05, 0) is 57.5 Å². The molecule has 0 fully saturated rings. The molecule has 3 aromatic heterocycles. The molecule has 0 aliphatic heterocycles. The van der Waals surface area contributed by atoms with E-state index in [0.717, 1.165) is 28.0 Å². The largest absolute Gasteiger partial charge is 0.494 e. The average Bonchev–Trinajstić information content (AvgIpc) is 3.06. The number of hydrogen-bond donors (Lipinski definition) is 1. The van der Waals surface area contributed by atoms with E-state index in [-0.39, 0.29) is 0 Å². The number of anilines is 1. The Morgan fingerprint density at radius 2 is 1.93 bits per heavy atom. The Balaban J connectivity index is 1.74. The molecular weight excluding hydrogens is 383 g/mol. The summed E-state index contributed by atoms with van der Waals surface area (Å²) >= 11 is 0. The van der Waals surface area contributed by atoms with Gasteiger partial charge in [-0.25, -0.2) is 9.07 Å². The minimum atomic E-state index is -0.408. The van der Waals surface area contributed by atoms with E-state index in [4.69, 9.17) is 4.74 Å². The Morgan fingerprint density at radius 1 is 1.10 bits per heavy atom. The fraction of sp³-hybridized carbons (Fsp3) is 0.273. The molecule has 0 atom stereocenters. The zero-order valence-corrected chi connectivity index (χ0v) is 17.4. The monoisotopic (exact) mass is 406 g/mol. The zero-order valence-electron chi connectivity index (χ0n) is 17.4. The Morgan fingerprint density at radius 3 is 2.67 bits per heavy atom. The summed E-state index contributed by atoms with van der Waals surface area (Å²) in [5, 5.41) is 17.3. The van der Waals surface area contributed by atoms with Crippen LogP contribution >= 0.6 is 0 Å². The Bertz CT molecular complexity index is 1220. The van der Waals surface area contributed by atoms with Gasteiger partial charge >= 0.3 is 0 Å². The SMILES string of the molecule is CCOc1ccc(-n2nc3c(NCc4cc(C)ccn4)nnc(C)c3c2C)c(F)c1. The van der Waals surface area contributed by atoms with Crippen molar-refractivity contribution in [2.24, 2.45) is 0 Å². The van der Waals surface area contributed by atoms with E-state index in [0.29, 0.717) is 35.9 Å². The van der Waals surface area contributed by atoms with Crippen LogP contribution in [0.1, 0.15) is 29.6 Å². The number of aryl methyl sites for hydroxylation is 3. The first-order valence-corrected chi connectivity index (χ1v) is 9.78. The molecular formula is C22H23FN6O. The van der Waals surface area contributed by atoms with Gasteiger partial charge in [-0.2, -0.15) is 10.2 Å². The van der Waals surface area contributed by atoms with Crippen LogP contribution < -0.4 is 10.1 Å². The molecule has 0 aliphatic carbocycles. The first-order chi connectivity index (χ1) is 14.5. The van der Waals surface area contributed by atoms with Crippen LogP contribution in [0.5, 0.6) is 5.75 Å². The van der Waals surface area contributed by atoms with Crippen molar-refractivity contribution >= 4 is 16.7 Å². The van der Waals surface area contributed by atoms with Crippen molar-refractivity contribution < 1.29 is 9.13 Å². The molecule has 0 unspecified atom stereocenters. The first-order valence-electron chi connectivity index (χ1n) is 9.78. The van der Waals surface area contributed by atoms with E-state index in [2.05, 4.69) is 25.6 Å². The number of pyridine rings is 1. The lowest BCUT2D eigenvalue weighted by Gasteiger charge is -2.08. The van der Waals surface area contributed by atoms with E-state index in [1.807, 2.05) is 39.8 Å². The van der Waals surface area contributed by atoms with Crippen molar-refractivity contribution in [3.63, 3.8) is 0 Å². The van der Waals surface area contributed by atoms with Crippen LogP contribution in [0.25, 0.3) is 16.6 Å². The highest BCUT2D eigenvalue weighted by atomic mass is 19.1. The molecule has 0 spiro atoms. The molecule has 30 heavy (non-hydrogen) atoms. The summed E-state index contributed by atoms with van der Waals surface area (Å²) in [6, 6.07) is 8.73. The second-order valence-corrected chi connectivity index (χ2v) is 7.08. The van der Waals surface area contributed by atoms with E-state index in [9.17, 15) is 4.39 Å². The van der Waals surface area contributed by atoms with Gasteiger partial charge in [0.15, 0.2) is 11.6 Å². The summed E-state index contributed by atoms with van der Waals surface area (Å²) in [5.74, 6) is 0.613. The third-order valence-corrected chi connectivity index (χ3v) is 4.87. The Labute approximate surface area is 173 Å². The van der Waals surface area contributed by atoms with Crippen LogP contribution in [0.4, 0.5) is 10.2 Å². The van der Waals surface area contributed by atoms with E-state index in [1.165, 1.54) is 6.07 Å². The lowest BCUT2D eigenvalue weighted by Crippen LogP contribution is -2.06. The summed E-state index contributed by atoms with van der Waals surface area (Å²) < 4.78 is 21.7. The fourth-order valence-electron chi connectivity index (χ4n) is 3.46. The van der Waals surface area contributed by atoms with Crippen molar-refractivity contribution in [3.05, 3.63) is 65.0 Å². The maximum atomic E-state index is 14.8. The normalized spacial score (nSPS) is 11.1. The van der Waals surface area contributed by atoms with Crippen molar-refractivity contribution in [1.29, 1.82) is 0 Å². The van der Waals surface area contributed by atoms with Crippen LogP contribution in [0, 0.1) is 26.6 Å². The minimum Gasteiger partial charge on any atom is -0.494 e. The smallest absolute Gasteiger partial charge is 0.177 e. The molecule has 0 bridgehead atoms. The minimum absolute atomic E-state index is 0.345. The Kier molecular flexibility index (Phi) is 5.31. The number of benzene rings is 1. The predicted molar refractivity (Wildman–Crippen MR) is 114 cm³/mol. The van der Waals surface area contributed by atoms with Gasteiger partial charge in [-0.3, -0.25) is 4.98 Å². The van der Waals surface area contributed by atoms with Gasteiger partial charge in [0.05, 0.1) is 35.6 Å². The highest BCUT2D eigenvalue weighted by Gasteiger charge is 2.19. The third-order valence-electron chi connectivity index (χ3n) is 4.87. The molecule has 1 N–H and O–H groups in total. The van der Waals surface area contributed by atoms with Crippen LogP contribution in [-0.4, -0.2) is 31.6 Å². The Hall–Kier alpha value is -3.55. The number of fused-ring (bicyclic) bond motifs is 1. The number of hydrogen-bond acceptors (Lipinski definition) is 6. The molecule has 0 saturated carbocycles. The van der Waals surface area contributed by atoms with Gasteiger partial charge in [0.2, 0.25) is 0 Å². The summed E-state index contributed by atoms with van der Waals surface area (Å²) in [4.78, 5) is 4.36. The maximum absolute atomic E-state index is 14.8. The van der Waals surface area contributed by atoms with Crippen molar-refractivity contribution in [2.75, 3.05) is 11.9 Å². The van der Waals surface area contributed by atoms with Gasteiger partial charge in [0.1, 0.15) is 17.0 Å². The predicted octanol–water partition coefficient (Wildman–Crippen LogP) is 4.29. The molecule has 1 aromatic carbocycles. The topological polar surface area (TPSA) is 77.8 Å². The van der Waals surface area contributed by atoms with Crippen LogP contribution in [0.2, 0.25) is 0 Å². The van der Waals surface area contributed by atoms with Crippen LogP contribution in [0.15, 0.2) is 36.5 Å². The van der Waals surface area contributed by atoms with Gasteiger partial charge < -0.3 is 10.1 Å². The van der Waals surface area contributed by atoms with E-state index < -0.39 is 5.82 Å². The van der Waals surface area contributed by atoms with Crippen LogP contribution in [0.3, 0.4) is 0 Å². The first kappa shape index (κ1) is 19.8. The van der Waals surface area contributed by atoms with Gasteiger partial charge in [-0.15, -0.1) is 5.10 Å². The summed E-state index contributed by atoms with van der Waals surface area (Å²) in [6.07, 6.45) is 1.77. The second-order valence-electron chi connectivity index (χ2n) is 7.08. The molecule has 3 heterocycles. The maximum Gasteiger partial charge on any atom is 0.177 e. The highest BCUT2D eigenvalue weighted by Crippen LogP contribution is 2.29. The lowest BCUT2D eigenvalue weighted by atomic mass is 10.2. The van der Waals surface area contributed by atoms with E-state index in [1.54, 1.807) is 23.0 Å². The second kappa shape index (κ2) is 8.06. The summed E-state index contributed by atoms with van der Waals surface area (Å²) in [6.45, 7) is 8.61. The highest BCUT2D eigenvalue weighted by molar-refractivity contribution is 5.92. The molecule has 0 aliphatic rings. The van der Waals surface area contributed by atoms with Crippen LogP contribution in [-0.2, 0) is 6.54 Å². The zero-order chi connectivity index (χ0) is 21.3. The molecule has 154 valence electrons. The number of nitrogens with zero attached hydrogens (tertiary/aromatic N) is 5. The van der Waals surface area contributed by atoms with E-state index >= 15 is 0 Å². The van der Waals surface area contributed by atoms with Gasteiger partial charge in [-0.1, -0.05) is 0 Å². The van der Waals surface area contributed by atoms with Crippen molar-refractivity contribution in [2.45, 2.75) is 34.2 Å². The standard InChI is InChI=1S/C22H23FN6O/c1-5-30-17-6-7-19(18(23)11-17)29-15(4)20-14(3)26-27-22(21(20)28-29)25-12-16-10-13(2)8-9-24-16/h6-11H,5,12H2,1-4H3,(H,25,27). The number of aromatic nitrogens is 5. The number of ether oxygens (including phenoxy) is 1. The van der Waals surface area contributed by atoms with Crippen molar-refractivity contribution in [3.8, 4) is 11.4 Å². The summed E-state index contributed by atoms with van der Waals surface area (Å²) in [7, 11) is 0. The lowest BCUT2D eigenvalue weighted by molar-refractivity contribution is 0.338. The molecule has 0 amide bonds. The number of rotatable bonds is 6. The van der Waals surface area contributed by atoms with Gasteiger partial charge in [0, 0.05) is 12.3 Å². The number of halogens is 1. The average molecular weight is 406 g/mol. The molecule has 4 aromatic rings.